The van der Waals surface area contributed by atoms with Crippen LogP contribution in [-0.2, 0) is 0 Å². The molecule has 0 amide bonds. The lowest BCUT2D eigenvalue weighted by Crippen LogP contribution is -1.78. The van der Waals surface area contributed by atoms with Gasteiger partial charge >= 0.3 is 7.69 Å². The van der Waals surface area contributed by atoms with Gasteiger partial charge in [0.25, 0.3) is 0 Å². The first-order valence-corrected chi connectivity index (χ1v) is 4.00. The average Bonchev–Trinajstić information content (AvgIpc) is 2.19. The zero-order valence-electron chi connectivity index (χ0n) is 7.39. The Labute approximate surface area is 81.1 Å². The van der Waals surface area contributed by atoms with Gasteiger partial charge < -0.3 is 10.0 Å². The molecule has 1 heterocycles. The van der Waals surface area contributed by atoms with Crippen LogP contribution in [0.3, 0.4) is 0 Å². The van der Waals surface area contributed by atoms with E-state index in [9.17, 15) is 4.39 Å². The van der Waals surface area contributed by atoms with Crippen molar-refractivity contribution in [2.24, 2.45) is 0 Å². The third kappa shape index (κ3) is 2.79. The van der Waals surface area contributed by atoms with Crippen molar-refractivity contribution in [3.63, 3.8) is 0 Å². The minimum atomic E-state index is -0.750. The number of benzene rings is 1. The van der Waals surface area contributed by atoms with Crippen LogP contribution in [0.4, 0.5) is 4.39 Å². The molecule has 14 heavy (non-hydrogen) atoms. The predicted molar refractivity (Wildman–Crippen MR) is 53.3 cm³/mol. The Balaban J connectivity index is 0.000000293. The number of halogens is 1. The highest BCUT2D eigenvalue weighted by atomic mass is 19.1. The first-order valence-electron chi connectivity index (χ1n) is 4.00. The van der Waals surface area contributed by atoms with Gasteiger partial charge in [0.05, 0.1) is 5.52 Å². The van der Waals surface area contributed by atoms with E-state index >= 15 is 0 Å². The molecule has 0 spiro atoms. The lowest BCUT2D eigenvalue weighted by atomic mass is 10.2. The number of hydrogen-bond donors (Lipinski definition) is 2. The van der Waals surface area contributed by atoms with E-state index in [1.165, 1.54) is 12.1 Å². The molecule has 1 aromatic carbocycles. The van der Waals surface area contributed by atoms with Crippen molar-refractivity contribution in [1.29, 1.82) is 0 Å². The van der Waals surface area contributed by atoms with E-state index in [2.05, 4.69) is 4.98 Å². The summed E-state index contributed by atoms with van der Waals surface area (Å²) in [4.78, 5) is 4.06. The Bertz CT molecular complexity index is 411. The highest BCUT2D eigenvalue weighted by Crippen LogP contribution is 2.11. The third-order valence-electron chi connectivity index (χ3n) is 1.57. The molecule has 0 saturated carbocycles. The molecular formula is C9H9BFNO2. The molecule has 72 valence electrons. The fourth-order valence-corrected chi connectivity index (χ4v) is 1.05. The lowest BCUT2D eigenvalue weighted by Gasteiger charge is -1.93. The Kier molecular flexibility index (Phi) is 4.03. The van der Waals surface area contributed by atoms with Crippen molar-refractivity contribution >= 4 is 18.6 Å². The van der Waals surface area contributed by atoms with Crippen LogP contribution in [0.1, 0.15) is 0 Å². The van der Waals surface area contributed by atoms with Crippen molar-refractivity contribution in [3.8, 4) is 0 Å². The molecule has 2 aromatic rings. The van der Waals surface area contributed by atoms with Crippen molar-refractivity contribution in [2.45, 2.75) is 0 Å². The zero-order chi connectivity index (χ0) is 10.4. The van der Waals surface area contributed by atoms with Crippen molar-refractivity contribution in [3.05, 3.63) is 42.3 Å². The second kappa shape index (κ2) is 5.31. The number of pyridine rings is 1. The van der Waals surface area contributed by atoms with Crippen LogP contribution in [0.25, 0.3) is 10.9 Å². The summed E-state index contributed by atoms with van der Waals surface area (Å²) in [6, 6.07) is 8.19. The van der Waals surface area contributed by atoms with E-state index in [0.717, 1.165) is 10.9 Å². The highest BCUT2D eigenvalue weighted by Gasteiger charge is 1.93. The number of aromatic nitrogens is 1. The highest BCUT2D eigenvalue weighted by molar-refractivity contribution is 6.13. The molecule has 0 aliphatic carbocycles. The molecule has 3 nitrogen and oxygen atoms in total. The van der Waals surface area contributed by atoms with Gasteiger partial charge in [0, 0.05) is 11.6 Å². The molecular weight excluding hydrogens is 184 g/mol. The average molecular weight is 193 g/mol. The number of nitrogens with zero attached hydrogens (tertiary/aromatic N) is 1. The Morgan fingerprint density at radius 1 is 1.21 bits per heavy atom. The van der Waals surface area contributed by atoms with Crippen LogP contribution in [0.15, 0.2) is 36.5 Å². The molecule has 0 aliphatic rings. The van der Waals surface area contributed by atoms with Gasteiger partial charge in [-0.25, -0.2) is 4.39 Å². The molecule has 0 saturated heterocycles. The van der Waals surface area contributed by atoms with E-state index < -0.39 is 7.69 Å². The van der Waals surface area contributed by atoms with Crippen LogP contribution < -0.4 is 0 Å². The molecule has 2 N–H and O–H groups in total. The standard InChI is InChI=1S/C9H6FN.BH3O2/c10-8-3-4-9-7(6-8)2-1-5-11-9;2-1-3/h1-6H;1-3H. The first-order chi connectivity index (χ1) is 6.77. The summed E-state index contributed by atoms with van der Waals surface area (Å²) in [6.07, 6.45) is 1.69. The van der Waals surface area contributed by atoms with E-state index in [1.54, 1.807) is 18.3 Å². The molecule has 0 bridgehead atoms. The van der Waals surface area contributed by atoms with Crippen molar-refractivity contribution < 1.29 is 14.4 Å². The lowest BCUT2D eigenvalue weighted by molar-refractivity contribution is 0.448. The van der Waals surface area contributed by atoms with Gasteiger partial charge in [-0.1, -0.05) is 6.07 Å². The zero-order valence-corrected chi connectivity index (χ0v) is 7.39. The fourth-order valence-electron chi connectivity index (χ4n) is 1.05. The number of rotatable bonds is 0. The van der Waals surface area contributed by atoms with E-state index in [1.807, 2.05) is 6.07 Å². The monoisotopic (exact) mass is 193 g/mol. The molecule has 0 radical (unpaired) electrons. The van der Waals surface area contributed by atoms with Gasteiger partial charge in [0.15, 0.2) is 0 Å². The molecule has 0 aliphatic heterocycles. The summed E-state index contributed by atoms with van der Waals surface area (Å²) >= 11 is 0. The molecule has 1 aromatic heterocycles. The van der Waals surface area contributed by atoms with Crippen LogP contribution in [0.5, 0.6) is 0 Å². The first kappa shape index (κ1) is 10.6. The third-order valence-corrected chi connectivity index (χ3v) is 1.57. The van der Waals surface area contributed by atoms with Gasteiger partial charge in [-0.05, 0) is 24.3 Å². The van der Waals surface area contributed by atoms with Gasteiger partial charge in [-0.15, -0.1) is 0 Å². The maximum atomic E-state index is 12.6. The predicted octanol–water partition coefficient (Wildman–Crippen LogP) is 0.611. The minimum absolute atomic E-state index is 0.217. The summed E-state index contributed by atoms with van der Waals surface area (Å²) in [7, 11) is -0.750. The van der Waals surface area contributed by atoms with Crippen LogP contribution in [-0.4, -0.2) is 22.7 Å². The van der Waals surface area contributed by atoms with Crippen LogP contribution in [0, 0.1) is 5.82 Å². The molecule has 2 rings (SSSR count). The van der Waals surface area contributed by atoms with E-state index in [0.29, 0.717) is 0 Å². The van der Waals surface area contributed by atoms with Crippen LogP contribution in [0.2, 0.25) is 0 Å². The summed E-state index contributed by atoms with van der Waals surface area (Å²) in [5.74, 6) is -0.217. The molecule has 0 unspecified atom stereocenters. The summed E-state index contributed by atoms with van der Waals surface area (Å²) in [5.41, 5.74) is 0.828. The maximum absolute atomic E-state index is 12.6. The van der Waals surface area contributed by atoms with Gasteiger partial charge in [0.2, 0.25) is 0 Å². The minimum Gasteiger partial charge on any atom is -0.430 e. The molecule has 0 atom stereocenters. The van der Waals surface area contributed by atoms with E-state index in [-0.39, 0.29) is 5.82 Å². The Morgan fingerprint density at radius 3 is 2.64 bits per heavy atom. The molecule has 5 heteroatoms. The SMILES string of the molecule is Fc1ccc2ncccc2c1.OBO. The van der Waals surface area contributed by atoms with Gasteiger partial charge in [0.1, 0.15) is 5.82 Å². The second-order valence-corrected chi connectivity index (χ2v) is 2.48. The smallest absolute Gasteiger partial charge is 0.430 e. The normalized spacial score (nSPS) is 9.07. The largest absolute Gasteiger partial charge is 0.432 e. The Hall–Kier alpha value is -1.46. The summed E-state index contributed by atoms with van der Waals surface area (Å²) in [5, 5.41) is 15.1. The second-order valence-electron chi connectivity index (χ2n) is 2.48. The van der Waals surface area contributed by atoms with E-state index in [4.69, 9.17) is 10.0 Å². The number of fused-ring (bicyclic) bond motifs is 1. The number of hydrogen-bond acceptors (Lipinski definition) is 3. The van der Waals surface area contributed by atoms with Gasteiger partial charge in [-0.3, -0.25) is 4.98 Å². The summed E-state index contributed by atoms with van der Waals surface area (Å²) in [6.45, 7) is 0. The Morgan fingerprint density at radius 2 is 1.93 bits per heavy atom. The summed E-state index contributed by atoms with van der Waals surface area (Å²) < 4.78 is 12.6. The van der Waals surface area contributed by atoms with Crippen LogP contribution >= 0.6 is 0 Å². The topological polar surface area (TPSA) is 53.4 Å². The molecule has 0 fully saturated rings. The fraction of sp³-hybridized carbons (Fsp3) is 0. The maximum Gasteiger partial charge on any atom is 0.432 e. The van der Waals surface area contributed by atoms with Crippen molar-refractivity contribution in [2.75, 3.05) is 0 Å². The van der Waals surface area contributed by atoms with Crippen molar-refractivity contribution in [1.82, 2.24) is 4.98 Å². The van der Waals surface area contributed by atoms with Gasteiger partial charge in [-0.2, -0.15) is 0 Å². The quantitative estimate of drug-likeness (QED) is 0.602.